The third-order valence-electron chi connectivity index (χ3n) is 2.57. The van der Waals surface area contributed by atoms with Crippen molar-refractivity contribution in [3.63, 3.8) is 0 Å². The van der Waals surface area contributed by atoms with Gasteiger partial charge in [0.2, 0.25) is 5.88 Å². The summed E-state index contributed by atoms with van der Waals surface area (Å²) in [5, 5.41) is 8.57. The number of aliphatic carboxylic acids is 1. The molecule has 1 heterocycles. The van der Waals surface area contributed by atoms with E-state index < -0.39 is 11.8 Å². The number of carboxylic acids is 1. The van der Waals surface area contributed by atoms with Gasteiger partial charge in [-0.05, 0) is 42.8 Å². The number of hydrogen-bond donors (Lipinski definition) is 1. The Morgan fingerprint density at radius 3 is 2.86 bits per heavy atom. The van der Waals surface area contributed by atoms with E-state index in [1.165, 1.54) is 24.4 Å². The van der Waals surface area contributed by atoms with Crippen LogP contribution in [0.15, 0.2) is 41.0 Å². The summed E-state index contributed by atoms with van der Waals surface area (Å²) in [6, 6.07) is 6.08. The van der Waals surface area contributed by atoms with Crippen LogP contribution in [0.4, 0.5) is 4.39 Å². The predicted octanol–water partition coefficient (Wildman–Crippen LogP) is 4.18. The standard InChI is InChI=1S/C15H11BrFNO3/c1-9-6-10(2-5-14(19)20)8-18-15(9)21-13-7-11(16)3-4-12(13)17/h2-8H,1H3,(H,19,20)/b5-2+. The Balaban J connectivity index is 2.25. The molecule has 0 aliphatic rings. The minimum absolute atomic E-state index is 0.0637. The molecule has 1 N–H and O–H groups in total. The number of ether oxygens (including phenoxy) is 1. The number of carbonyl (C=O) groups is 1. The van der Waals surface area contributed by atoms with Crippen molar-refractivity contribution in [1.29, 1.82) is 0 Å². The molecule has 108 valence electrons. The van der Waals surface area contributed by atoms with Crippen LogP contribution in [0, 0.1) is 12.7 Å². The highest BCUT2D eigenvalue weighted by Gasteiger charge is 2.09. The van der Waals surface area contributed by atoms with Crippen molar-refractivity contribution in [2.24, 2.45) is 0 Å². The second-order valence-electron chi connectivity index (χ2n) is 4.24. The first-order chi connectivity index (χ1) is 9.95. The summed E-state index contributed by atoms with van der Waals surface area (Å²) in [6.45, 7) is 1.75. The molecule has 0 unspecified atom stereocenters. The van der Waals surface area contributed by atoms with Crippen molar-refractivity contribution in [1.82, 2.24) is 4.98 Å². The number of halogens is 2. The van der Waals surface area contributed by atoms with Crippen molar-refractivity contribution in [3.05, 3.63) is 58.0 Å². The fourth-order valence-corrected chi connectivity index (χ4v) is 1.95. The van der Waals surface area contributed by atoms with Crippen molar-refractivity contribution >= 4 is 28.0 Å². The molecule has 6 heteroatoms. The van der Waals surface area contributed by atoms with Gasteiger partial charge >= 0.3 is 5.97 Å². The summed E-state index contributed by atoms with van der Waals surface area (Å²) in [7, 11) is 0. The molecular formula is C15H11BrFNO3. The van der Waals surface area contributed by atoms with Gasteiger partial charge in [-0.3, -0.25) is 0 Å². The van der Waals surface area contributed by atoms with E-state index >= 15 is 0 Å². The number of pyridine rings is 1. The van der Waals surface area contributed by atoms with Crippen molar-refractivity contribution in [2.45, 2.75) is 6.92 Å². The highest BCUT2D eigenvalue weighted by molar-refractivity contribution is 9.10. The van der Waals surface area contributed by atoms with E-state index in [1.807, 2.05) is 0 Å². The van der Waals surface area contributed by atoms with Crippen molar-refractivity contribution < 1.29 is 19.0 Å². The quantitative estimate of drug-likeness (QED) is 0.839. The Morgan fingerprint density at radius 1 is 1.43 bits per heavy atom. The average molecular weight is 352 g/mol. The first kappa shape index (κ1) is 15.2. The van der Waals surface area contributed by atoms with Crippen LogP contribution in [-0.2, 0) is 4.79 Å². The Labute approximate surface area is 129 Å². The smallest absolute Gasteiger partial charge is 0.328 e. The molecule has 0 spiro atoms. The Kier molecular flexibility index (Phi) is 4.70. The largest absolute Gasteiger partial charge is 0.478 e. The summed E-state index contributed by atoms with van der Waals surface area (Å²) in [6.07, 6.45) is 3.90. The van der Waals surface area contributed by atoms with Crippen LogP contribution < -0.4 is 4.74 Å². The number of nitrogens with zero attached hydrogens (tertiary/aromatic N) is 1. The molecule has 0 saturated heterocycles. The lowest BCUT2D eigenvalue weighted by molar-refractivity contribution is -0.131. The predicted molar refractivity (Wildman–Crippen MR) is 79.8 cm³/mol. The Morgan fingerprint density at radius 2 is 2.19 bits per heavy atom. The van der Waals surface area contributed by atoms with Crippen LogP contribution in [0.25, 0.3) is 6.08 Å². The summed E-state index contributed by atoms with van der Waals surface area (Å²) in [4.78, 5) is 14.5. The molecule has 1 aromatic carbocycles. The van der Waals surface area contributed by atoms with Gasteiger partial charge in [-0.2, -0.15) is 0 Å². The number of aryl methyl sites for hydroxylation is 1. The van der Waals surface area contributed by atoms with E-state index in [0.717, 1.165) is 6.08 Å². The van der Waals surface area contributed by atoms with Crippen LogP contribution in [0.3, 0.4) is 0 Å². The second kappa shape index (κ2) is 6.49. The van der Waals surface area contributed by atoms with Gasteiger partial charge in [-0.15, -0.1) is 0 Å². The second-order valence-corrected chi connectivity index (χ2v) is 5.15. The van der Waals surface area contributed by atoms with Crippen LogP contribution in [0.5, 0.6) is 11.6 Å². The number of aromatic nitrogens is 1. The van der Waals surface area contributed by atoms with E-state index in [2.05, 4.69) is 20.9 Å². The third-order valence-corrected chi connectivity index (χ3v) is 3.06. The van der Waals surface area contributed by atoms with Crippen LogP contribution in [0.2, 0.25) is 0 Å². The number of rotatable bonds is 4. The van der Waals surface area contributed by atoms with Crippen molar-refractivity contribution in [2.75, 3.05) is 0 Å². The maximum absolute atomic E-state index is 13.6. The highest BCUT2D eigenvalue weighted by Crippen LogP contribution is 2.28. The summed E-state index contributed by atoms with van der Waals surface area (Å²) in [5.41, 5.74) is 1.29. The van der Waals surface area contributed by atoms with Gasteiger partial charge in [0.25, 0.3) is 0 Å². The molecule has 2 aromatic rings. The molecule has 0 fully saturated rings. The van der Waals surface area contributed by atoms with Gasteiger partial charge in [0.05, 0.1) is 0 Å². The molecule has 4 nitrogen and oxygen atoms in total. The minimum atomic E-state index is -1.04. The van der Waals surface area contributed by atoms with Gasteiger partial charge in [-0.25, -0.2) is 14.2 Å². The third kappa shape index (κ3) is 4.13. The average Bonchev–Trinajstić information content (AvgIpc) is 2.43. The summed E-state index contributed by atoms with van der Waals surface area (Å²) in [5.74, 6) is -1.20. The molecule has 0 radical (unpaired) electrons. The van der Waals surface area contributed by atoms with Gasteiger partial charge in [0, 0.05) is 22.3 Å². The molecular weight excluding hydrogens is 341 g/mol. The maximum atomic E-state index is 13.6. The summed E-state index contributed by atoms with van der Waals surface area (Å²) < 4.78 is 19.8. The topological polar surface area (TPSA) is 59.4 Å². The van der Waals surface area contributed by atoms with E-state index in [0.29, 0.717) is 15.6 Å². The van der Waals surface area contributed by atoms with Gasteiger partial charge in [0.1, 0.15) is 0 Å². The zero-order valence-corrected chi connectivity index (χ0v) is 12.6. The molecule has 0 aliphatic carbocycles. The lowest BCUT2D eigenvalue weighted by Crippen LogP contribution is -1.94. The summed E-state index contributed by atoms with van der Waals surface area (Å²) >= 11 is 3.24. The van der Waals surface area contributed by atoms with E-state index in [4.69, 9.17) is 9.84 Å². The SMILES string of the molecule is Cc1cc(/C=C/C(=O)O)cnc1Oc1cc(Br)ccc1F. The highest BCUT2D eigenvalue weighted by atomic mass is 79.9. The Bertz CT molecular complexity index is 716. The monoisotopic (exact) mass is 351 g/mol. The molecule has 0 atom stereocenters. The first-order valence-electron chi connectivity index (χ1n) is 5.96. The molecule has 0 saturated carbocycles. The molecule has 0 bridgehead atoms. The fraction of sp³-hybridized carbons (Fsp3) is 0.0667. The molecule has 21 heavy (non-hydrogen) atoms. The molecule has 0 aliphatic heterocycles. The van der Waals surface area contributed by atoms with E-state index in [-0.39, 0.29) is 11.6 Å². The molecule has 2 rings (SSSR count). The normalized spacial score (nSPS) is 10.8. The first-order valence-corrected chi connectivity index (χ1v) is 6.75. The van der Waals surface area contributed by atoms with Gasteiger partial charge in [-0.1, -0.05) is 15.9 Å². The number of benzene rings is 1. The lowest BCUT2D eigenvalue weighted by atomic mass is 10.2. The van der Waals surface area contributed by atoms with Gasteiger partial charge < -0.3 is 9.84 Å². The molecule has 1 aromatic heterocycles. The maximum Gasteiger partial charge on any atom is 0.328 e. The van der Waals surface area contributed by atoms with Crippen molar-refractivity contribution in [3.8, 4) is 11.6 Å². The van der Waals surface area contributed by atoms with Crippen LogP contribution in [0.1, 0.15) is 11.1 Å². The van der Waals surface area contributed by atoms with Crippen LogP contribution in [-0.4, -0.2) is 16.1 Å². The van der Waals surface area contributed by atoms with E-state index in [1.54, 1.807) is 19.1 Å². The lowest BCUT2D eigenvalue weighted by Gasteiger charge is -2.09. The number of hydrogen-bond acceptors (Lipinski definition) is 3. The number of carboxylic acid groups (broad SMARTS) is 1. The minimum Gasteiger partial charge on any atom is -0.478 e. The van der Waals surface area contributed by atoms with Crippen LogP contribution >= 0.6 is 15.9 Å². The zero-order chi connectivity index (χ0) is 15.4. The fourth-order valence-electron chi connectivity index (χ4n) is 1.61. The molecule has 0 amide bonds. The van der Waals surface area contributed by atoms with E-state index in [9.17, 15) is 9.18 Å². The van der Waals surface area contributed by atoms with Gasteiger partial charge in [0.15, 0.2) is 11.6 Å². The Hall–Kier alpha value is -2.21. The zero-order valence-electron chi connectivity index (χ0n) is 11.0.